The number of benzene rings is 1. The average molecular weight is 339 g/mol. The van der Waals surface area contributed by atoms with Gasteiger partial charge in [0.2, 0.25) is 0 Å². The second kappa shape index (κ2) is 6.33. The summed E-state index contributed by atoms with van der Waals surface area (Å²) >= 11 is 3.12. The van der Waals surface area contributed by atoms with Crippen LogP contribution in [-0.2, 0) is 6.42 Å². The Morgan fingerprint density at radius 3 is 2.50 bits per heavy atom. The molecule has 104 valence electrons. The van der Waals surface area contributed by atoms with Gasteiger partial charge in [-0.25, -0.2) is 0 Å². The number of carbonyl (C=O) groups is 1. The number of nitro groups is 1. The highest BCUT2D eigenvalue weighted by Crippen LogP contribution is 2.14. The van der Waals surface area contributed by atoms with E-state index in [0.29, 0.717) is 17.6 Å². The Kier molecular flexibility index (Phi) is 4.52. The lowest BCUT2D eigenvalue weighted by atomic mass is 10.1. The zero-order chi connectivity index (χ0) is 14.5. The lowest BCUT2D eigenvalue weighted by Gasteiger charge is -2.03. The molecule has 0 unspecified atom stereocenters. The Labute approximate surface area is 123 Å². The molecule has 2 rings (SSSR count). The third kappa shape index (κ3) is 3.67. The minimum Gasteiger partial charge on any atom is -0.444 e. The molecule has 20 heavy (non-hydrogen) atoms. The Hall–Kier alpha value is -2.15. The van der Waals surface area contributed by atoms with Crippen molar-refractivity contribution in [2.75, 3.05) is 6.54 Å². The summed E-state index contributed by atoms with van der Waals surface area (Å²) in [6.07, 6.45) is 0.589. The van der Waals surface area contributed by atoms with Gasteiger partial charge in [-0.2, -0.15) is 0 Å². The highest BCUT2D eigenvalue weighted by atomic mass is 79.9. The van der Waals surface area contributed by atoms with Crippen molar-refractivity contribution in [1.82, 2.24) is 5.32 Å². The number of non-ortho nitro benzene ring substituents is 1. The lowest BCUT2D eigenvalue weighted by Crippen LogP contribution is -2.25. The average Bonchev–Trinajstić information content (AvgIpc) is 2.86. The third-order valence-corrected chi connectivity index (χ3v) is 3.07. The van der Waals surface area contributed by atoms with E-state index in [2.05, 4.69) is 21.2 Å². The Morgan fingerprint density at radius 1 is 1.25 bits per heavy atom. The fraction of sp³-hybridized carbons (Fsp3) is 0.154. The van der Waals surface area contributed by atoms with Gasteiger partial charge in [-0.05, 0) is 40.0 Å². The van der Waals surface area contributed by atoms with E-state index < -0.39 is 4.92 Å². The first kappa shape index (κ1) is 14.3. The Balaban J connectivity index is 1.83. The van der Waals surface area contributed by atoms with Crippen molar-refractivity contribution in [2.24, 2.45) is 0 Å². The molecule has 1 aromatic carbocycles. The van der Waals surface area contributed by atoms with Crippen LogP contribution in [0.25, 0.3) is 0 Å². The summed E-state index contributed by atoms with van der Waals surface area (Å²) in [7, 11) is 0. The van der Waals surface area contributed by atoms with E-state index in [0.717, 1.165) is 5.56 Å². The molecule has 1 amide bonds. The van der Waals surface area contributed by atoms with E-state index >= 15 is 0 Å². The summed E-state index contributed by atoms with van der Waals surface area (Å²) in [5.41, 5.74) is 0.967. The number of nitrogens with one attached hydrogen (secondary N) is 1. The van der Waals surface area contributed by atoms with Gasteiger partial charge in [0.1, 0.15) is 0 Å². The SMILES string of the molecule is O=C(NCCc1ccc([N+](=O)[O-])cc1)c1ccc(Br)o1. The number of rotatable bonds is 5. The van der Waals surface area contributed by atoms with Crippen LogP contribution in [0, 0.1) is 10.1 Å². The van der Waals surface area contributed by atoms with Gasteiger partial charge in [0.15, 0.2) is 10.4 Å². The van der Waals surface area contributed by atoms with Crippen LogP contribution in [0.3, 0.4) is 0 Å². The van der Waals surface area contributed by atoms with Crippen molar-refractivity contribution in [3.63, 3.8) is 0 Å². The zero-order valence-corrected chi connectivity index (χ0v) is 11.9. The predicted molar refractivity (Wildman–Crippen MR) is 75.5 cm³/mol. The molecule has 2 aromatic rings. The molecule has 0 fully saturated rings. The fourth-order valence-electron chi connectivity index (χ4n) is 1.63. The molecule has 0 spiro atoms. The summed E-state index contributed by atoms with van der Waals surface area (Å²) in [5.74, 6) is -0.0572. The largest absolute Gasteiger partial charge is 0.444 e. The summed E-state index contributed by atoms with van der Waals surface area (Å²) < 4.78 is 5.62. The second-order valence-electron chi connectivity index (χ2n) is 4.03. The minimum atomic E-state index is -0.444. The van der Waals surface area contributed by atoms with Crippen molar-refractivity contribution in [3.8, 4) is 0 Å². The van der Waals surface area contributed by atoms with Gasteiger partial charge in [-0.3, -0.25) is 14.9 Å². The summed E-state index contributed by atoms with van der Waals surface area (Å²) in [6, 6.07) is 9.46. The maximum absolute atomic E-state index is 11.7. The summed E-state index contributed by atoms with van der Waals surface area (Å²) in [4.78, 5) is 21.7. The molecule has 1 N–H and O–H groups in total. The molecule has 0 radical (unpaired) electrons. The number of carbonyl (C=O) groups excluding carboxylic acids is 1. The number of halogens is 1. The maximum atomic E-state index is 11.7. The first-order valence-electron chi connectivity index (χ1n) is 5.83. The van der Waals surface area contributed by atoms with E-state index in [9.17, 15) is 14.9 Å². The number of furan rings is 1. The van der Waals surface area contributed by atoms with Crippen LogP contribution in [0.15, 0.2) is 45.5 Å². The fourth-order valence-corrected chi connectivity index (χ4v) is 1.93. The molecule has 7 heteroatoms. The van der Waals surface area contributed by atoms with Crippen LogP contribution in [0.1, 0.15) is 16.1 Å². The van der Waals surface area contributed by atoms with Crippen LogP contribution < -0.4 is 5.32 Å². The van der Waals surface area contributed by atoms with Gasteiger partial charge in [0.05, 0.1) is 4.92 Å². The van der Waals surface area contributed by atoms with Crippen molar-refractivity contribution in [2.45, 2.75) is 6.42 Å². The monoisotopic (exact) mass is 338 g/mol. The highest BCUT2D eigenvalue weighted by molar-refractivity contribution is 9.10. The molecule has 1 heterocycles. The first-order chi connectivity index (χ1) is 9.56. The lowest BCUT2D eigenvalue weighted by molar-refractivity contribution is -0.384. The Morgan fingerprint density at radius 2 is 1.95 bits per heavy atom. The van der Waals surface area contributed by atoms with Crippen LogP contribution in [-0.4, -0.2) is 17.4 Å². The molecule has 0 atom stereocenters. The van der Waals surface area contributed by atoms with Crippen molar-refractivity contribution in [1.29, 1.82) is 0 Å². The molecule has 0 bridgehead atoms. The molecule has 0 saturated carbocycles. The predicted octanol–water partition coefficient (Wildman–Crippen LogP) is 2.92. The van der Waals surface area contributed by atoms with Gasteiger partial charge in [0.25, 0.3) is 11.6 Å². The van der Waals surface area contributed by atoms with Crippen LogP contribution in [0.2, 0.25) is 0 Å². The molecular weight excluding hydrogens is 328 g/mol. The molecule has 0 aliphatic carbocycles. The van der Waals surface area contributed by atoms with E-state index in [1.165, 1.54) is 12.1 Å². The first-order valence-corrected chi connectivity index (χ1v) is 6.62. The molecular formula is C13H11BrN2O4. The van der Waals surface area contributed by atoms with Gasteiger partial charge in [-0.15, -0.1) is 0 Å². The molecule has 0 aliphatic heterocycles. The van der Waals surface area contributed by atoms with Crippen molar-refractivity contribution < 1.29 is 14.1 Å². The number of hydrogen-bond donors (Lipinski definition) is 1. The zero-order valence-electron chi connectivity index (χ0n) is 10.3. The normalized spacial score (nSPS) is 10.2. The molecule has 0 saturated heterocycles. The van der Waals surface area contributed by atoms with E-state index in [-0.39, 0.29) is 17.4 Å². The van der Waals surface area contributed by atoms with Gasteiger partial charge < -0.3 is 9.73 Å². The number of nitrogens with zero attached hydrogens (tertiary/aromatic N) is 1. The Bertz CT molecular complexity index is 622. The van der Waals surface area contributed by atoms with E-state index in [1.807, 2.05) is 0 Å². The summed E-state index contributed by atoms with van der Waals surface area (Å²) in [6.45, 7) is 0.426. The summed E-state index contributed by atoms with van der Waals surface area (Å²) in [5, 5.41) is 13.2. The third-order valence-electron chi connectivity index (χ3n) is 2.64. The minimum absolute atomic E-state index is 0.0539. The smallest absolute Gasteiger partial charge is 0.287 e. The molecule has 1 aromatic heterocycles. The topological polar surface area (TPSA) is 85.4 Å². The van der Waals surface area contributed by atoms with Crippen LogP contribution >= 0.6 is 15.9 Å². The molecule has 0 aliphatic rings. The highest BCUT2D eigenvalue weighted by Gasteiger charge is 2.09. The van der Waals surface area contributed by atoms with Crippen LogP contribution in [0.5, 0.6) is 0 Å². The van der Waals surface area contributed by atoms with Crippen molar-refractivity contribution >= 4 is 27.5 Å². The maximum Gasteiger partial charge on any atom is 0.287 e. The molecule has 6 nitrogen and oxygen atoms in total. The van der Waals surface area contributed by atoms with Gasteiger partial charge in [-0.1, -0.05) is 12.1 Å². The van der Waals surface area contributed by atoms with E-state index in [1.54, 1.807) is 24.3 Å². The van der Waals surface area contributed by atoms with Gasteiger partial charge >= 0.3 is 0 Å². The number of nitro benzene ring substituents is 1. The number of amides is 1. The number of hydrogen-bond acceptors (Lipinski definition) is 4. The van der Waals surface area contributed by atoms with Gasteiger partial charge in [0, 0.05) is 18.7 Å². The second-order valence-corrected chi connectivity index (χ2v) is 4.81. The quantitative estimate of drug-likeness (QED) is 0.670. The van der Waals surface area contributed by atoms with Crippen molar-refractivity contribution in [3.05, 3.63) is 62.5 Å². The van der Waals surface area contributed by atoms with Crippen LogP contribution in [0.4, 0.5) is 5.69 Å². The van der Waals surface area contributed by atoms with E-state index in [4.69, 9.17) is 4.42 Å². The standard InChI is InChI=1S/C13H11BrN2O4/c14-12-6-5-11(20-12)13(17)15-8-7-9-1-3-10(4-2-9)16(18)19/h1-6H,7-8H2,(H,15,17).